The number of aliphatic hydroxyl groups is 1. The third-order valence-electron chi connectivity index (χ3n) is 0.888. The molecule has 0 heterocycles. The SMILES string of the molecule is CCC(O)(S)C(N)=O. The van der Waals surface area contributed by atoms with Gasteiger partial charge < -0.3 is 10.8 Å². The molecule has 0 saturated carbocycles. The van der Waals surface area contributed by atoms with Crippen molar-refractivity contribution in [2.24, 2.45) is 5.73 Å². The van der Waals surface area contributed by atoms with Gasteiger partial charge in [0.05, 0.1) is 0 Å². The molecule has 1 atom stereocenters. The highest BCUT2D eigenvalue weighted by molar-refractivity contribution is 7.82. The normalized spacial score (nSPS) is 17.4. The molecule has 0 radical (unpaired) electrons. The van der Waals surface area contributed by atoms with Crippen molar-refractivity contribution in [3.8, 4) is 0 Å². The van der Waals surface area contributed by atoms with Gasteiger partial charge in [0.25, 0.3) is 5.91 Å². The van der Waals surface area contributed by atoms with Gasteiger partial charge in [-0.05, 0) is 6.42 Å². The maximum Gasteiger partial charge on any atom is 0.259 e. The lowest BCUT2D eigenvalue weighted by Crippen LogP contribution is -2.37. The van der Waals surface area contributed by atoms with E-state index in [2.05, 4.69) is 12.6 Å². The molecule has 1 amide bonds. The van der Waals surface area contributed by atoms with Crippen molar-refractivity contribution >= 4 is 18.5 Å². The summed E-state index contributed by atoms with van der Waals surface area (Å²) in [5.74, 6) is -0.802. The zero-order valence-corrected chi connectivity index (χ0v) is 5.48. The van der Waals surface area contributed by atoms with Crippen LogP contribution in [0.1, 0.15) is 13.3 Å². The molecule has 0 aromatic heterocycles. The summed E-state index contributed by atoms with van der Waals surface area (Å²) in [6.07, 6.45) is 0.228. The van der Waals surface area contributed by atoms with Gasteiger partial charge in [-0.25, -0.2) is 0 Å². The van der Waals surface area contributed by atoms with Crippen LogP contribution in [0.15, 0.2) is 0 Å². The topological polar surface area (TPSA) is 63.3 Å². The molecule has 3 nitrogen and oxygen atoms in total. The van der Waals surface area contributed by atoms with Crippen molar-refractivity contribution in [3.63, 3.8) is 0 Å². The molecule has 0 bridgehead atoms. The van der Waals surface area contributed by atoms with Crippen LogP contribution in [-0.2, 0) is 4.79 Å². The molecular weight excluding hydrogens is 126 g/mol. The maximum absolute atomic E-state index is 10.1. The summed E-state index contributed by atoms with van der Waals surface area (Å²) in [4.78, 5) is 8.52. The quantitative estimate of drug-likeness (QED) is 0.353. The first kappa shape index (κ1) is 7.78. The summed E-state index contributed by atoms with van der Waals surface area (Å²) in [6.45, 7) is 1.62. The fourth-order valence-corrected chi connectivity index (χ4v) is 0.174. The van der Waals surface area contributed by atoms with Gasteiger partial charge in [0, 0.05) is 0 Å². The summed E-state index contributed by atoms with van der Waals surface area (Å²) < 4.78 is 0. The lowest BCUT2D eigenvalue weighted by atomic mass is 10.2. The van der Waals surface area contributed by atoms with E-state index < -0.39 is 10.8 Å². The monoisotopic (exact) mass is 135 g/mol. The van der Waals surface area contributed by atoms with Crippen molar-refractivity contribution in [1.82, 2.24) is 0 Å². The Balaban J connectivity index is 3.91. The molecular formula is C4H9NO2S. The first-order valence-corrected chi connectivity index (χ1v) is 2.70. The molecule has 3 N–H and O–H groups in total. The molecule has 4 heteroatoms. The zero-order valence-electron chi connectivity index (χ0n) is 4.59. The Labute approximate surface area is 53.3 Å². The Hall–Kier alpha value is -0.220. The highest BCUT2D eigenvalue weighted by atomic mass is 32.1. The van der Waals surface area contributed by atoms with Crippen LogP contribution < -0.4 is 5.73 Å². The van der Waals surface area contributed by atoms with E-state index in [1.165, 1.54) is 0 Å². The second-order valence-corrected chi connectivity index (χ2v) is 2.27. The van der Waals surface area contributed by atoms with Crippen LogP contribution in [-0.4, -0.2) is 15.9 Å². The molecule has 0 aromatic carbocycles. The fourth-order valence-electron chi connectivity index (χ4n) is 0.174. The average molecular weight is 135 g/mol. The summed E-state index contributed by atoms with van der Waals surface area (Å²) in [6, 6.07) is 0. The second kappa shape index (κ2) is 2.37. The molecule has 0 aliphatic rings. The molecule has 0 aromatic rings. The van der Waals surface area contributed by atoms with E-state index in [1.807, 2.05) is 0 Å². The fraction of sp³-hybridized carbons (Fsp3) is 0.750. The lowest BCUT2D eigenvalue weighted by Gasteiger charge is -2.13. The van der Waals surface area contributed by atoms with E-state index in [1.54, 1.807) is 6.92 Å². The number of hydrogen-bond acceptors (Lipinski definition) is 3. The van der Waals surface area contributed by atoms with E-state index in [-0.39, 0.29) is 6.42 Å². The van der Waals surface area contributed by atoms with Gasteiger partial charge in [-0.15, -0.1) is 12.6 Å². The van der Waals surface area contributed by atoms with Gasteiger partial charge in [-0.3, -0.25) is 4.79 Å². The van der Waals surface area contributed by atoms with Crippen LogP contribution in [0.4, 0.5) is 0 Å². The van der Waals surface area contributed by atoms with Crippen molar-refractivity contribution in [2.45, 2.75) is 18.3 Å². The van der Waals surface area contributed by atoms with Crippen LogP contribution in [0.25, 0.3) is 0 Å². The molecule has 1 unspecified atom stereocenters. The van der Waals surface area contributed by atoms with Gasteiger partial charge in [-0.1, -0.05) is 6.92 Å². The minimum absolute atomic E-state index is 0.228. The molecule has 0 fully saturated rings. The van der Waals surface area contributed by atoms with Gasteiger partial charge in [0.2, 0.25) is 0 Å². The van der Waals surface area contributed by atoms with Crippen molar-refractivity contribution in [1.29, 1.82) is 0 Å². The standard InChI is InChI=1S/C4H9NO2S/c1-2-4(7,8)3(5)6/h7-8H,2H2,1H3,(H2,5,6). The average Bonchev–Trinajstić information content (AvgIpc) is 1.67. The Morgan fingerprint density at radius 3 is 2.38 bits per heavy atom. The maximum atomic E-state index is 10.1. The van der Waals surface area contributed by atoms with Crippen LogP contribution in [0, 0.1) is 0 Å². The number of hydrogen-bond donors (Lipinski definition) is 3. The molecule has 0 aliphatic heterocycles. The molecule has 0 aliphatic carbocycles. The Bertz CT molecular complexity index is 102. The number of carbonyl (C=O) groups excluding carboxylic acids is 1. The summed E-state index contributed by atoms with van der Waals surface area (Å²) in [5.41, 5.74) is 4.72. The number of nitrogens with two attached hydrogens (primary N) is 1. The smallest absolute Gasteiger partial charge is 0.259 e. The Morgan fingerprint density at radius 2 is 2.38 bits per heavy atom. The number of thiol groups is 1. The van der Waals surface area contributed by atoms with E-state index in [9.17, 15) is 4.79 Å². The Kier molecular flexibility index (Phi) is 2.30. The second-order valence-electron chi connectivity index (χ2n) is 1.53. The predicted octanol–water partition coefficient (Wildman–Crippen LogP) is -0.500. The van der Waals surface area contributed by atoms with E-state index >= 15 is 0 Å². The minimum atomic E-state index is -1.62. The summed E-state index contributed by atoms with van der Waals surface area (Å²) in [7, 11) is 0. The van der Waals surface area contributed by atoms with Crippen molar-refractivity contribution < 1.29 is 9.90 Å². The zero-order chi connectivity index (χ0) is 6.78. The lowest BCUT2D eigenvalue weighted by molar-refractivity contribution is -0.128. The number of carbonyl (C=O) groups is 1. The third-order valence-corrected chi connectivity index (χ3v) is 1.42. The number of primary amides is 1. The van der Waals surface area contributed by atoms with Crippen molar-refractivity contribution in [3.05, 3.63) is 0 Å². The van der Waals surface area contributed by atoms with Gasteiger partial charge in [0.1, 0.15) is 0 Å². The largest absolute Gasteiger partial charge is 0.371 e. The van der Waals surface area contributed by atoms with Crippen LogP contribution >= 0.6 is 12.6 Å². The van der Waals surface area contributed by atoms with Crippen molar-refractivity contribution in [2.75, 3.05) is 0 Å². The minimum Gasteiger partial charge on any atom is -0.371 e. The molecule has 8 heavy (non-hydrogen) atoms. The van der Waals surface area contributed by atoms with E-state index in [0.717, 1.165) is 0 Å². The van der Waals surface area contributed by atoms with Crippen LogP contribution in [0.5, 0.6) is 0 Å². The summed E-state index contributed by atoms with van der Waals surface area (Å²) in [5, 5.41) is 8.79. The summed E-state index contributed by atoms with van der Waals surface area (Å²) >= 11 is 3.56. The van der Waals surface area contributed by atoms with Gasteiger partial charge in [-0.2, -0.15) is 0 Å². The van der Waals surface area contributed by atoms with E-state index in [0.29, 0.717) is 0 Å². The van der Waals surface area contributed by atoms with E-state index in [4.69, 9.17) is 10.8 Å². The highest BCUT2D eigenvalue weighted by Gasteiger charge is 2.25. The predicted molar refractivity (Wildman–Crippen MR) is 33.4 cm³/mol. The first-order valence-electron chi connectivity index (χ1n) is 2.25. The highest BCUT2D eigenvalue weighted by Crippen LogP contribution is 2.12. The third kappa shape index (κ3) is 1.71. The Morgan fingerprint density at radius 1 is 2.00 bits per heavy atom. The van der Waals surface area contributed by atoms with Gasteiger partial charge in [0.15, 0.2) is 4.93 Å². The molecule has 0 rings (SSSR count). The van der Waals surface area contributed by atoms with Gasteiger partial charge >= 0.3 is 0 Å². The molecule has 0 spiro atoms. The number of amides is 1. The molecule has 0 saturated heterocycles. The van der Waals surface area contributed by atoms with Crippen LogP contribution in [0.2, 0.25) is 0 Å². The van der Waals surface area contributed by atoms with Crippen LogP contribution in [0.3, 0.4) is 0 Å². The number of rotatable bonds is 2. The molecule has 48 valence electrons. The first-order chi connectivity index (χ1) is 3.50.